The molecule has 0 unspecified atom stereocenters. The highest BCUT2D eigenvalue weighted by Gasteiger charge is 2.20. The average Bonchev–Trinajstić information content (AvgIpc) is 2.87. The number of carbonyl (C=O) groups is 3. The Morgan fingerprint density at radius 1 is 0.606 bits per heavy atom. The highest BCUT2D eigenvalue weighted by Crippen LogP contribution is 2.20. The van der Waals surface area contributed by atoms with Crippen molar-refractivity contribution in [3.8, 4) is 11.1 Å². The third kappa shape index (κ3) is 5.13. The van der Waals surface area contributed by atoms with E-state index in [1.807, 2.05) is 61.5 Å². The van der Waals surface area contributed by atoms with Gasteiger partial charge in [0.2, 0.25) is 0 Å². The van der Waals surface area contributed by atoms with E-state index in [9.17, 15) is 14.4 Å². The maximum Gasteiger partial charge on any atom is 0.339 e. The maximum absolute atomic E-state index is 12.9. The van der Waals surface area contributed by atoms with Gasteiger partial charge in [0, 0.05) is 16.7 Å². The predicted molar refractivity (Wildman–Crippen MR) is 128 cm³/mol. The molecule has 0 bridgehead atoms. The van der Waals surface area contributed by atoms with E-state index in [4.69, 9.17) is 4.74 Å². The Labute approximate surface area is 192 Å². The van der Waals surface area contributed by atoms with E-state index in [2.05, 4.69) is 0 Å². The molecule has 0 heterocycles. The van der Waals surface area contributed by atoms with Crippen LogP contribution in [0.5, 0.6) is 0 Å². The summed E-state index contributed by atoms with van der Waals surface area (Å²) in [7, 11) is 0. The molecule has 0 amide bonds. The zero-order valence-corrected chi connectivity index (χ0v) is 18.2. The largest absolute Gasteiger partial charge is 0.454 e. The molecule has 4 rings (SSSR count). The third-order valence-electron chi connectivity index (χ3n) is 5.35. The van der Waals surface area contributed by atoms with Crippen LogP contribution in [0.4, 0.5) is 0 Å². The minimum Gasteiger partial charge on any atom is -0.454 e. The molecule has 0 N–H and O–H groups in total. The number of benzene rings is 4. The van der Waals surface area contributed by atoms with Gasteiger partial charge in [0.1, 0.15) is 0 Å². The van der Waals surface area contributed by atoms with Crippen molar-refractivity contribution in [2.75, 3.05) is 6.61 Å². The maximum atomic E-state index is 12.9. The molecule has 0 aliphatic rings. The Balaban J connectivity index is 1.44. The number of Topliss-reactive ketones (excluding diaryl/α,β-unsaturated/α-hetero) is 1. The Morgan fingerprint density at radius 2 is 1.15 bits per heavy atom. The number of hydrogen-bond acceptors (Lipinski definition) is 4. The predicted octanol–water partition coefficient (Wildman–Crippen LogP) is 5.93. The molecule has 4 aromatic carbocycles. The topological polar surface area (TPSA) is 60.4 Å². The summed E-state index contributed by atoms with van der Waals surface area (Å²) in [5.74, 6) is -1.30. The molecule has 0 aliphatic heterocycles. The standard InChI is InChI=1S/C29H22O4/c1-20-11-13-24(14-12-20)28(31)25-9-5-6-10-26(25)29(32)33-19-27(30)23-17-15-22(16-18-23)21-7-3-2-4-8-21/h2-18H,19H2,1H3. The first-order valence-electron chi connectivity index (χ1n) is 10.6. The number of aryl methyl sites for hydroxylation is 1. The lowest BCUT2D eigenvalue weighted by Gasteiger charge is -2.09. The summed E-state index contributed by atoms with van der Waals surface area (Å²) in [5, 5.41) is 0. The number of rotatable bonds is 7. The first kappa shape index (κ1) is 21.9. The molecular formula is C29H22O4. The second-order valence-corrected chi connectivity index (χ2v) is 7.68. The second kappa shape index (κ2) is 9.88. The van der Waals surface area contributed by atoms with Gasteiger partial charge in [-0.15, -0.1) is 0 Å². The SMILES string of the molecule is Cc1ccc(C(=O)c2ccccc2C(=O)OCC(=O)c2ccc(-c3ccccc3)cc2)cc1. The van der Waals surface area contributed by atoms with Crippen molar-refractivity contribution in [1.29, 1.82) is 0 Å². The van der Waals surface area contributed by atoms with Crippen molar-refractivity contribution >= 4 is 17.5 Å². The van der Waals surface area contributed by atoms with E-state index < -0.39 is 12.6 Å². The van der Waals surface area contributed by atoms with Crippen LogP contribution >= 0.6 is 0 Å². The number of hydrogen-bond donors (Lipinski definition) is 0. The van der Waals surface area contributed by atoms with Crippen LogP contribution in [0.1, 0.15) is 42.2 Å². The first-order valence-corrected chi connectivity index (χ1v) is 10.6. The van der Waals surface area contributed by atoms with Crippen molar-refractivity contribution in [2.24, 2.45) is 0 Å². The lowest BCUT2D eigenvalue weighted by molar-refractivity contribution is 0.0473. The van der Waals surface area contributed by atoms with Gasteiger partial charge in [-0.05, 0) is 24.1 Å². The quantitative estimate of drug-likeness (QED) is 0.267. The van der Waals surface area contributed by atoms with E-state index in [0.29, 0.717) is 11.1 Å². The molecule has 0 saturated heterocycles. The van der Waals surface area contributed by atoms with Gasteiger partial charge in [-0.1, -0.05) is 103 Å². The van der Waals surface area contributed by atoms with E-state index >= 15 is 0 Å². The number of ketones is 2. The minimum absolute atomic E-state index is 0.135. The molecular weight excluding hydrogens is 412 g/mol. The van der Waals surface area contributed by atoms with Crippen LogP contribution in [0.3, 0.4) is 0 Å². The Hall–Kier alpha value is -4.31. The molecule has 0 saturated carbocycles. The smallest absolute Gasteiger partial charge is 0.339 e. The van der Waals surface area contributed by atoms with Crippen LogP contribution in [0.15, 0.2) is 103 Å². The highest BCUT2D eigenvalue weighted by molar-refractivity contribution is 6.14. The zero-order valence-electron chi connectivity index (χ0n) is 18.2. The Morgan fingerprint density at radius 3 is 1.82 bits per heavy atom. The summed E-state index contributed by atoms with van der Waals surface area (Å²) >= 11 is 0. The van der Waals surface area contributed by atoms with Gasteiger partial charge in [-0.25, -0.2) is 4.79 Å². The van der Waals surface area contributed by atoms with Crippen LogP contribution in [0.25, 0.3) is 11.1 Å². The van der Waals surface area contributed by atoms with Gasteiger partial charge in [0.25, 0.3) is 0 Å². The van der Waals surface area contributed by atoms with E-state index in [1.165, 1.54) is 6.07 Å². The number of carbonyl (C=O) groups excluding carboxylic acids is 3. The molecule has 0 aliphatic carbocycles. The Kier molecular flexibility index (Phi) is 6.56. The van der Waals surface area contributed by atoms with Crippen LogP contribution in [-0.2, 0) is 4.74 Å². The van der Waals surface area contributed by atoms with Gasteiger partial charge < -0.3 is 4.74 Å². The van der Waals surface area contributed by atoms with Crippen LogP contribution < -0.4 is 0 Å². The van der Waals surface area contributed by atoms with Crippen molar-refractivity contribution in [2.45, 2.75) is 6.92 Å². The number of esters is 1. The monoisotopic (exact) mass is 434 g/mol. The van der Waals surface area contributed by atoms with Crippen molar-refractivity contribution in [3.63, 3.8) is 0 Å². The lowest BCUT2D eigenvalue weighted by atomic mass is 9.98. The van der Waals surface area contributed by atoms with Gasteiger partial charge in [-0.3, -0.25) is 9.59 Å². The molecule has 0 atom stereocenters. The molecule has 4 nitrogen and oxygen atoms in total. The van der Waals surface area contributed by atoms with Gasteiger partial charge in [-0.2, -0.15) is 0 Å². The van der Waals surface area contributed by atoms with E-state index in [1.54, 1.807) is 42.5 Å². The fourth-order valence-corrected chi connectivity index (χ4v) is 3.49. The van der Waals surface area contributed by atoms with Gasteiger partial charge >= 0.3 is 5.97 Å². The fourth-order valence-electron chi connectivity index (χ4n) is 3.49. The summed E-state index contributed by atoms with van der Waals surface area (Å²) < 4.78 is 5.26. The molecule has 0 fully saturated rings. The van der Waals surface area contributed by atoms with E-state index in [-0.39, 0.29) is 22.7 Å². The fraction of sp³-hybridized carbons (Fsp3) is 0.0690. The molecule has 4 heteroatoms. The zero-order chi connectivity index (χ0) is 23.2. The average molecular weight is 434 g/mol. The highest BCUT2D eigenvalue weighted by atomic mass is 16.5. The molecule has 0 spiro atoms. The normalized spacial score (nSPS) is 10.5. The summed E-state index contributed by atoms with van der Waals surface area (Å²) in [6.45, 7) is 1.53. The number of ether oxygens (including phenoxy) is 1. The first-order chi connectivity index (χ1) is 16.0. The second-order valence-electron chi connectivity index (χ2n) is 7.68. The molecule has 162 valence electrons. The molecule has 33 heavy (non-hydrogen) atoms. The summed E-state index contributed by atoms with van der Waals surface area (Å²) in [6, 6.07) is 30.6. The minimum atomic E-state index is -0.708. The van der Waals surface area contributed by atoms with Crippen LogP contribution in [0.2, 0.25) is 0 Å². The lowest BCUT2D eigenvalue weighted by Crippen LogP contribution is -2.17. The van der Waals surface area contributed by atoms with Gasteiger partial charge in [0.05, 0.1) is 5.56 Å². The summed E-state index contributed by atoms with van der Waals surface area (Å²) in [4.78, 5) is 38.2. The van der Waals surface area contributed by atoms with Crippen molar-refractivity contribution in [3.05, 3.63) is 131 Å². The van der Waals surface area contributed by atoms with E-state index in [0.717, 1.165) is 16.7 Å². The van der Waals surface area contributed by atoms with Gasteiger partial charge in [0.15, 0.2) is 18.2 Å². The van der Waals surface area contributed by atoms with Crippen LogP contribution in [-0.4, -0.2) is 24.1 Å². The third-order valence-corrected chi connectivity index (χ3v) is 5.35. The van der Waals surface area contributed by atoms with Crippen molar-refractivity contribution in [1.82, 2.24) is 0 Å². The summed E-state index contributed by atoms with van der Waals surface area (Å²) in [5.41, 5.74) is 4.39. The molecule has 0 aromatic heterocycles. The van der Waals surface area contributed by atoms with Crippen molar-refractivity contribution < 1.29 is 19.1 Å². The molecule has 0 radical (unpaired) electrons. The van der Waals surface area contributed by atoms with Crippen LogP contribution in [0, 0.1) is 6.92 Å². The summed E-state index contributed by atoms with van der Waals surface area (Å²) in [6.07, 6.45) is 0. The molecule has 4 aromatic rings. The Bertz CT molecular complexity index is 1290.